The number of likely N-dealkylation sites (tertiary alicyclic amines) is 1. The Bertz CT molecular complexity index is 730. The molecule has 7 heteroatoms. The lowest BCUT2D eigenvalue weighted by atomic mass is 9.95. The summed E-state index contributed by atoms with van der Waals surface area (Å²) in [5.41, 5.74) is 0.844. The summed E-state index contributed by atoms with van der Waals surface area (Å²) in [5.74, 6) is -0.244. The Morgan fingerprint density at radius 3 is 2.56 bits per heavy atom. The Hall–Kier alpha value is -1.47. The van der Waals surface area contributed by atoms with E-state index < -0.39 is 10.0 Å². The van der Waals surface area contributed by atoms with Crippen LogP contribution < -0.4 is 0 Å². The highest BCUT2D eigenvalue weighted by molar-refractivity contribution is 7.89. The Balaban J connectivity index is 1.67. The topological polar surface area (TPSA) is 57.7 Å². The van der Waals surface area contributed by atoms with Crippen LogP contribution in [0.5, 0.6) is 0 Å². The van der Waals surface area contributed by atoms with Crippen LogP contribution in [-0.2, 0) is 14.8 Å². The third-order valence-electron chi connectivity index (χ3n) is 5.33. The minimum atomic E-state index is -3.18. The standard InChI is InChI=1S/C18H25FN2O3S/c1-2-25(23,24)20-11-8-14(9-12-20)18(22)21-10-4-7-17(21)15-5-3-6-16(19)13-15/h3,5-6,13-14,17H,2,4,7-12H2,1H3/t17-/m1/s1. The van der Waals surface area contributed by atoms with Gasteiger partial charge in [-0.3, -0.25) is 4.79 Å². The second kappa shape index (κ2) is 7.41. The van der Waals surface area contributed by atoms with Crippen molar-refractivity contribution < 1.29 is 17.6 Å². The maximum Gasteiger partial charge on any atom is 0.226 e. The summed E-state index contributed by atoms with van der Waals surface area (Å²) in [6.45, 7) is 3.14. The molecule has 2 fully saturated rings. The van der Waals surface area contributed by atoms with Crippen LogP contribution in [0, 0.1) is 11.7 Å². The highest BCUT2D eigenvalue weighted by atomic mass is 32.2. The van der Waals surface area contributed by atoms with Gasteiger partial charge in [-0.25, -0.2) is 17.1 Å². The van der Waals surface area contributed by atoms with Crippen LogP contribution in [0.2, 0.25) is 0 Å². The average Bonchev–Trinajstić information content (AvgIpc) is 3.11. The highest BCUT2D eigenvalue weighted by Crippen LogP contribution is 2.35. The maximum atomic E-state index is 13.5. The van der Waals surface area contributed by atoms with Gasteiger partial charge in [0.1, 0.15) is 5.82 Å². The highest BCUT2D eigenvalue weighted by Gasteiger charge is 2.37. The summed E-state index contributed by atoms with van der Waals surface area (Å²) in [6, 6.07) is 6.40. The van der Waals surface area contributed by atoms with E-state index in [0.29, 0.717) is 32.5 Å². The average molecular weight is 368 g/mol. The van der Waals surface area contributed by atoms with E-state index in [-0.39, 0.29) is 29.4 Å². The monoisotopic (exact) mass is 368 g/mol. The number of benzene rings is 1. The molecule has 25 heavy (non-hydrogen) atoms. The molecule has 1 aromatic carbocycles. The second-order valence-electron chi connectivity index (χ2n) is 6.82. The zero-order valence-electron chi connectivity index (χ0n) is 14.5. The number of sulfonamides is 1. The smallest absolute Gasteiger partial charge is 0.226 e. The molecule has 0 N–H and O–H groups in total. The molecular formula is C18H25FN2O3S. The normalized spacial score (nSPS) is 23.1. The predicted molar refractivity (Wildman–Crippen MR) is 93.8 cm³/mol. The zero-order chi connectivity index (χ0) is 18.0. The number of halogens is 1. The van der Waals surface area contributed by atoms with Crippen molar-refractivity contribution in [1.29, 1.82) is 0 Å². The van der Waals surface area contributed by atoms with Gasteiger partial charge in [0.2, 0.25) is 15.9 Å². The number of nitrogens with zero attached hydrogens (tertiary/aromatic N) is 2. The van der Waals surface area contributed by atoms with Gasteiger partial charge in [0.15, 0.2) is 0 Å². The fraction of sp³-hybridized carbons (Fsp3) is 0.611. The van der Waals surface area contributed by atoms with Crippen molar-refractivity contribution in [3.8, 4) is 0 Å². The Morgan fingerprint density at radius 1 is 1.20 bits per heavy atom. The van der Waals surface area contributed by atoms with E-state index in [0.717, 1.165) is 18.4 Å². The van der Waals surface area contributed by atoms with Crippen molar-refractivity contribution in [2.45, 2.75) is 38.6 Å². The molecule has 1 aromatic rings. The number of carbonyl (C=O) groups is 1. The van der Waals surface area contributed by atoms with E-state index in [1.165, 1.54) is 16.4 Å². The fourth-order valence-electron chi connectivity index (χ4n) is 3.89. The number of piperidine rings is 1. The molecule has 0 radical (unpaired) electrons. The third kappa shape index (κ3) is 3.87. The number of carbonyl (C=O) groups excluding carboxylic acids is 1. The minimum absolute atomic E-state index is 0.0689. The van der Waals surface area contributed by atoms with Crippen molar-refractivity contribution in [2.24, 2.45) is 5.92 Å². The largest absolute Gasteiger partial charge is 0.335 e. The molecule has 1 atom stereocenters. The van der Waals surface area contributed by atoms with Gasteiger partial charge in [0.05, 0.1) is 11.8 Å². The summed E-state index contributed by atoms with van der Waals surface area (Å²) in [4.78, 5) is 14.8. The van der Waals surface area contributed by atoms with Crippen LogP contribution in [0.3, 0.4) is 0 Å². The van der Waals surface area contributed by atoms with Crippen LogP contribution >= 0.6 is 0 Å². The quantitative estimate of drug-likeness (QED) is 0.821. The van der Waals surface area contributed by atoms with E-state index in [2.05, 4.69) is 0 Å². The van der Waals surface area contributed by atoms with Crippen LogP contribution in [-0.4, -0.2) is 48.9 Å². The van der Waals surface area contributed by atoms with Crippen molar-refractivity contribution in [3.05, 3.63) is 35.6 Å². The number of rotatable bonds is 4. The van der Waals surface area contributed by atoms with E-state index >= 15 is 0 Å². The fourth-order valence-corrected chi connectivity index (χ4v) is 5.02. The van der Waals surface area contributed by atoms with Crippen molar-refractivity contribution in [1.82, 2.24) is 9.21 Å². The van der Waals surface area contributed by atoms with Crippen molar-refractivity contribution >= 4 is 15.9 Å². The lowest BCUT2D eigenvalue weighted by Crippen LogP contribution is -2.44. The first-order chi connectivity index (χ1) is 11.9. The molecule has 2 aliphatic heterocycles. The molecule has 0 bridgehead atoms. The lowest BCUT2D eigenvalue weighted by molar-refractivity contribution is -0.137. The first-order valence-corrected chi connectivity index (χ1v) is 10.6. The molecule has 0 aliphatic carbocycles. The molecule has 2 aliphatic rings. The maximum absolute atomic E-state index is 13.5. The Morgan fingerprint density at radius 2 is 1.92 bits per heavy atom. The van der Waals surface area contributed by atoms with E-state index in [4.69, 9.17) is 0 Å². The van der Waals surface area contributed by atoms with Gasteiger partial charge in [0.25, 0.3) is 0 Å². The number of hydrogen-bond acceptors (Lipinski definition) is 3. The van der Waals surface area contributed by atoms with Gasteiger partial charge in [0, 0.05) is 25.6 Å². The minimum Gasteiger partial charge on any atom is -0.335 e. The number of hydrogen-bond donors (Lipinski definition) is 0. The first kappa shape index (κ1) is 18.3. The number of amides is 1. The summed E-state index contributed by atoms with van der Waals surface area (Å²) < 4.78 is 38.9. The molecule has 0 spiro atoms. The first-order valence-electron chi connectivity index (χ1n) is 8.96. The molecule has 0 unspecified atom stereocenters. The van der Waals surface area contributed by atoms with Gasteiger partial charge < -0.3 is 4.90 Å². The van der Waals surface area contributed by atoms with Crippen molar-refractivity contribution in [3.63, 3.8) is 0 Å². The lowest BCUT2D eigenvalue weighted by Gasteiger charge is -2.34. The summed E-state index contributed by atoms with van der Waals surface area (Å²) in [5, 5.41) is 0. The summed E-state index contributed by atoms with van der Waals surface area (Å²) >= 11 is 0. The molecule has 2 heterocycles. The summed E-state index contributed by atoms with van der Waals surface area (Å²) in [6.07, 6.45) is 2.88. The van der Waals surface area contributed by atoms with Crippen molar-refractivity contribution in [2.75, 3.05) is 25.4 Å². The van der Waals surface area contributed by atoms with Gasteiger partial charge >= 0.3 is 0 Å². The van der Waals surface area contributed by atoms with Gasteiger partial charge in [-0.15, -0.1) is 0 Å². The Labute approximate surface area is 148 Å². The SMILES string of the molecule is CCS(=O)(=O)N1CCC(C(=O)N2CCC[C@@H]2c2cccc(F)c2)CC1. The molecular weight excluding hydrogens is 343 g/mol. The van der Waals surface area contributed by atoms with Crippen LogP contribution in [0.1, 0.15) is 44.2 Å². The Kier molecular flexibility index (Phi) is 5.43. The van der Waals surface area contributed by atoms with Crippen LogP contribution in [0.4, 0.5) is 4.39 Å². The van der Waals surface area contributed by atoms with E-state index in [1.54, 1.807) is 13.0 Å². The van der Waals surface area contributed by atoms with E-state index in [1.807, 2.05) is 11.0 Å². The molecule has 0 saturated carbocycles. The summed E-state index contributed by atoms with van der Waals surface area (Å²) in [7, 11) is -3.18. The third-order valence-corrected chi connectivity index (χ3v) is 7.21. The molecule has 138 valence electrons. The predicted octanol–water partition coefficient (Wildman–Crippen LogP) is 2.55. The molecule has 5 nitrogen and oxygen atoms in total. The zero-order valence-corrected chi connectivity index (χ0v) is 15.3. The van der Waals surface area contributed by atoms with Gasteiger partial charge in [-0.05, 0) is 50.3 Å². The van der Waals surface area contributed by atoms with Gasteiger partial charge in [-0.1, -0.05) is 12.1 Å². The second-order valence-corrected chi connectivity index (χ2v) is 9.08. The molecule has 1 amide bonds. The molecule has 0 aromatic heterocycles. The molecule has 2 saturated heterocycles. The van der Waals surface area contributed by atoms with Crippen LogP contribution in [0.25, 0.3) is 0 Å². The van der Waals surface area contributed by atoms with Gasteiger partial charge in [-0.2, -0.15) is 0 Å². The van der Waals surface area contributed by atoms with E-state index in [9.17, 15) is 17.6 Å². The molecule has 3 rings (SSSR count). The van der Waals surface area contributed by atoms with Crippen LogP contribution in [0.15, 0.2) is 24.3 Å².